The summed E-state index contributed by atoms with van der Waals surface area (Å²) in [6.45, 7) is 1.08. The van der Waals surface area contributed by atoms with Crippen LogP contribution in [-0.2, 0) is 4.74 Å². The highest BCUT2D eigenvalue weighted by molar-refractivity contribution is 4.60. The van der Waals surface area contributed by atoms with Gasteiger partial charge in [0.05, 0.1) is 0 Å². The third-order valence-electron chi connectivity index (χ3n) is 1.91. The lowest BCUT2D eigenvalue weighted by Gasteiger charge is -2.09. The summed E-state index contributed by atoms with van der Waals surface area (Å²) >= 11 is 0. The third-order valence-corrected chi connectivity index (χ3v) is 1.91. The van der Waals surface area contributed by atoms with Gasteiger partial charge in [0.2, 0.25) is 0 Å². The Morgan fingerprint density at radius 1 is 1.25 bits per heavy atom. The first-order valence-corrected chi connectivity index (χ1v) is 4.66. The number of unbranched alkanes of at least 4 members (excludes halogenated alkanes) is 1. The van der Waals surface area contributed by atoms with Gasteiger partial charge in [-0.1, -0.05) is 0 Å². The van der Waals surface area contributed by atoms with Crippen molar-refractivity contribution in [1.29, 1.82) is 0 Å². The summed E-state index contributed by atoms with van der Waals surface area (Å²) in [5.41, 5.74) is 5.82. The van der Waals surface area contributed by atoms with Gasteiger partial charge in [-0.05, 0) is 32.1 Å². The van der Waals surface area contributed by atoms with Crippen LogP contribution in [-0.4, -0.2) is 31.5 Å². The van der Waals surface area contributed by atoms with Gasteiger partial charge in [-0.25, -0.2) is 0 Å². The molecule has 0 aliphatic rings. The Bertz CT molecular complexity index is 78.6. The summed E-state index contributed by atoms with van der Waals surface area (Å²) in [4.78, 5) is 0. The molecule has 0 spiro atoms. The lowest BCUT2D eigenvalue weighted by atomic mass is 10.1. The van der Waals surface area contributed by atoms with Crippen molar-refractivity contribution in [3.63, 3.8) is 0 Å². The van der Waals surface area contributed by atoms with E-state index in [1.54, 1.807) is 7.11 Å². The maximum Gasteiger partial charge on any atom is 0.0462 e. The fourth-order valence-corrected chi connectivity index (χ4v) is 1.15. The minimum Gasteiger partial charge on any atom is -0.396 e. The van der Waals surface area contributed by atoms with Crippen molar-refractivity contribution in [2.75, 3.05) is 20.3 Å². The van der Waals surface area contributed by atoms with E-state index in [9.17, 15) is 0 Å². The second-order valence-electron chi connectivity index (χ2n) is 3.11. The quantitative estimate of drug-likeness (QED) is 0.539. The Balaban J connectivity index is 3.04. The molecule has 0 radical (unpaired) electrons. The number of ether oxygens (including phenoxy) is 1. The number of aliphatic hydroxyl groups excluding tert-OH is 1. The van der Waals surface area contributed by atoms with Crippen LogP contribution in [0.4, 0.5) is 0 Å². The molecule has 3 N–H and O–H groups in total. The highest BCUT2D eigenvalue weighted by atomic mass is 16.5. The topological polar surface area (TPSA) is 55.5 Å². The van der Waals surface area contributed by atoms with Crippen LogP contribution < -0.4 is 5.73 Å². The van der Waals surface area contributed by atoms with E-state index in [1.807, 2.05) is 0 Å². The molecule has 0 saturated heterocycles. The summed E-state index contributed by atoms with van der Waals surface area (Å²) in [5, 5.41) is 8.53. The van der Waals surface area contributed by atoms with Crippen molar-refractivity contribution in [1.82, 2.24) is 0 Å². The average Bonchev–Trinajstić information content (AvgIpc) is 2.06. The maximum absolute atomic E-state index is 8.53. The zero-order valence-corrected chi connectivity index (χ0v) is 7.96. The summed E-state index contributed by atoms with van der Waals surface area (Å²) in [5.74, 6) is 0. The lowest BCUT2D eigenvalue weighted by molar-refractivity contribution is 0.189. The number of aliphatic hydroxyl groups is 1. The van der Waals surface area contributed by atoms with E-state index in [-0.39, 0.29) is 12.6 Å². The molecule has 1 atom stereocenters. The predicted molar refractivity (Wildman–Crippen MR) is 50.0 cm³/mol. The van der Waals surface area contributed by atoms with Crippen molar-refractivity contribution in [3.05, 3.63) is 0 Å². The van der Waals surface area contributed by atoms with Gasteiger partial charge in [0.15, 0.2) is 0 Å². The van der Waals surface area contributed by atoms with Crippen molar-refractivity contribution in [2.45, 2.75) is 38.1 Å². The van der Waals surface area contributed by atoms with Gasteiger partial charge >= 0.3 is 0 Å². The van der Waals surface area contributed by atoms with Crippen molar-refractivity contribution >= 4 is 0 Å². The molecule has 0 heterocycles. The normalized spacial score (nSPS) is 13.2. The van der Waals surface area contributed by atoms with Gasteiger partial charge in [-0.2, -0.15) is 0 Å². The van der Waals surface area contributed by atoms with E-state index in [0.717, 1.165) is 38.7 Å². The molecule has 0 aromatic heterocycles. The summed E-state index contributed by atoms with van der Waals surface area (Å²) in [7, 11) is 1.71. The fraction of sp³-hybridized carbons (Fsp3) is 1.00. The minimum absolute atomic E-state index is 0.283. The van der Waals surface area contributed by atoms with Crippen LogP contribution >= 0.6 is 0 Å². The molecule has 1 unspecified atom stereocenters. The van der Waals surface area contributed by atoms with Gasteiger partial charge in [0.25, 0.3) is 0 Å². The standard InChI is InChI=1S/C9H21NO2/c1-12-8-4-6-9(10)5-2-3-7-11/h9,11H,2-8,10H2,1H3. The first kappa shape index (κ1) is 11.9. The lowest BCUT2D eigenvalue weighted by Crippen LogP contribution is -2.20. The number of methoxy groups -OCH3 is 1. The van der Waals surface area contributed by atoms with Crippen LogP contribution in [0.25, 0.3) is 0 Å². The minimum atomic E-state index is 0.283. The molecule has 0 amide bonds. The first-order chi connectivity index (χ1) is 5.81. The van der Waals surface area contributed by atoms with Gasteiger partial charge in [0, 0.05) is 26.4 Å². The second kappa shape index (κ2) is 8.97. The van der Waals surface area contributed by atoms with Crippen LogP contribution in [0.5, 0.6) is 0 Å². The predicted octanol–water partition coefficient (Wildman–Crippen LogP) is 0.903. The van der Waals surface area contributed by atoms with Crippen LogP contribution in [0.1, 0.15) is 32.1 Å². The highest BCUT2D eigenvalue weighted by Crippen LogP contribution is 2.04. The Morgan fingerprint density at radius 2 is 1.92 bits per heavy atom. The zero-order chi connectivity index (χ0) is 9.23. The molecule has 74 valence electrons. The molecule has 0 aromatic rings. The molecule has 0 aliphatic heterocycles. The smallest absolute Gasteiger partial charge is 0.0462 e. The monoisotopic (exact) mass is 175 g/mol. The molecule has 0 rings (SSSR count). The first-order valence-electron chi connectivity index (χ1n) is 4.66. The van der Waals surface area contributed by atoms with Crippen LogP contribution in [0, 0.1) is 0 Å². The van der Waals surface area contributed by atoms with Crippen molar-refractivity contribution in [3.8, 4) is 0 Å². The molecule has 12 heavy (non-hydrogen) atoms. The summed E-state index contributed by atoms with van der Waals surface area (Å²) in [6, 6.07) is 0.284. The van der Waals surface area contributed by atoms with Crippen LogP contribution in [0.15, 0.2) is 0 Å². The molecule has 0 aromatic carbocycles. The van der Waals surface area contributed by atoms with E-state index < -0.39 is 0 Å². The van der Waals surface area contributed by atoms with Crippen LogP contribution in [0.3, 0.4) is 0 Å². The third kappa shape index (κ3) is 7.98. The van der Waals surface area contributed by atoms with E-state index in [2.05, 4.69) is 0 Å². The largest absolute Gasteiger partial charge is 0.396 e. The number of rotatable bonds is 8. The molecule has 0 saturated carbocycles. The maximum atomic E-state index is 8.53. The second-order valence-corrected chi connectivity index (χ2v) is 3.11. The number of hydrogen-bond donors (Lipinski definition) is 2. The summed E-state index contributed by atoms with van der Waals surface area (Å²) in [6.07, 6.45) is 4.99. The molecule has 0 aliphatic carbocycles. The van der Waals surface area contributed by atoms with E-state index in [4.69, 9.17) is 15.6 Å². The van der Waals surface area contributed by atoms with Gasteiger partial charge < -0.3 is 15.6 Å². The molecule has 0 fully saturated rings. The van der Waals surface area contributed by atoms with Crippen molar-refractivity contribution in [2.24, 2.45) is 5.73 Å². The number of nitrogens with two attached hydrogens (primary N) is 1. The number of hydrogen-bond acceptors (Lipinski definition) is 3. The van der Waals surface area contributed by atoms with E-state index in [1.165, 1.54) is 0 Å². The van der Waals surface area contributed by atoms with E-state index in [0.29, 0.717) is 0 Å². The molecule has 3 nitrogen and oxygen atoms in total. The SMILES string of the molecule is COCCCC(N)CCCCO. The zero-order valence-electron chi connectivity index (χ0n) is 7.96. The molecular weight excluding hydrogens is 154 g/mol. The van der Waals surface area contributed by atoms with Crippen molar-refractivity contribution < 1.29 is 9.84 Å². The Hall–Kier alpha value is -0.120. The van der Waals surface area contributed by atoms with Gasteiger partial charge in [-0.15, -0.1) is 0 Å². The van der Waals surface area contributed by atoms with Gasteiger partial charge in [0.1, 0.15) is 0 Å². The Morgan fingerprint density at radius 3 is 2.50 bits per heavy atom. The Kier molecular flexibility index (Phi) is 8.88. The highest BCUT2D eigenvalue weighted by Gasteiger charge is 2.00. The molecular formula is C9H21NO2. The average molecular weight is 175 g/mol. The van der Waals surface area contributed by atoms with Crippen LogP contribution in [0.2, 0.25) is 0 Å². The summed E-state index contributed by atoms with van der Waals surface area (Å²) < 4.78 is 4.92. The molecule has 0 bridgehead atoms. The Labute approximate surface area is 74.9 Å². The van der Waals surface area contributed by atoms with E-state index >= 15 is 0 Å². The fourth-order valence-electron chi connectivity index (χ4n) is 1.15. The molecule has 3 heteroatoms. The van der Waals surface area contributed by atoms with Gasteiger partial charge in [-0.3, -0.25) is 0 Å².